The molecule has 1 atom stereocenters. The second-order valence-electron chi connectivity index (χ2n) is 6.71. The third-order valence-electron chi connectivity index (χ3n) is 4.61. The number of nitrogens with one attached hydrogen (secondary N) is 2. The van der Waals surface area contributed by atoms with Gasteiger partial charge in [-0.3, -0.25) is 14.5 Å². The lowest BCUT2D eigenvalue weighted by Crippen LogP contribution is -2.42. The molecule has 2 aromatic rings. The summed E-state index contributed by atoms with van der Waals surface area (Å²) in [6.45, 7) is 3.11. The Morgan fingerprint density at radius 2 is 2.00 bits per heavy atom. The lowest BCUT2D eigenvalue weighted by atomic mass is 9.92. The molecule has 0 aliphatic carbocycles. The molecule has 0 aromatic heterocycles. The molecule has 3 rings (SSSR count). The van der Waals surface area contributed by atoms with Crippen molar-refractivity contribution < 1.29 is 19.1 Å². The van der Waals surface area contributed by atoms with Gasteiger partial charge in [-0.25, -0.2) is 4.79 Å². The zero-order valence-electron chi connectivity index (χ0n) is 15.7. The van der Waals surface area contributed by atoms with E-state index in [0.717, 1.165) is 14.9 Å². The number of nitrogens with zero attached hydrogens (tertiary/aromatic N) is 1. The Hall–Kier alpha value is -2.87. The monoisotopic (exact) mass is 445 g/mol. The second-order valence-corrected chi connectivity index (χ2v) is 7.62. The first kappa shape index (κ1) is 19.9. The van der Waals surface area contributed by atoms with Crippen molar-refractivity contribution in [3.8, 4) is 5.75 Å². The molecule has 1 heterocycles. The first-order valence-corrected chi connectivity index (χ1v) is 9.38. The maximum absolute atomic E-state index is 12.9. The van der Waals surface area contributed by atoms with Gasteiger partial charge in [0, 0.05) is 4.47 Å². The van der Waals surface area contributed by atoms with E-state index in [4.69, 9.17) is 4.74 Å². The molecular formula is C20H20BrN3O4. The van der Waals surface area contributed by atoms with Gasteiger partial charge < -0.3 is 15.4 Å². The number of halogens is 1. The Morgan fingerprint density at radius 3 is 2.68 bits per heavy atom. The standard InChI is InChI=1S/C20H20BrN3O4/c1-12-7-8-16(28-3)15(9-12)22-17(25)11-24-18(26)20(2,23-19(24)27)13-5-4-6-14(21)10-13/h4-10H,11H2,1-3H3,(H,22,25)(H,23,27). The van der Waals surface area contributed by atoms with Crippen LogP contribution < -0.4 is 15.4 Å². The molecule has 1 aliphatic heterocycles. The summed E-state index contributed by atoms with van der Waals surface area (Å²) in [6.07, 6.45) is 0. The summed E-state index contributed by atoms with van der Waals surface area (Å²) >= 11 is 3.37. The predicted octanol–water partition coefficient (Wildman–Crippen LogP) is 3.17. The van der Waals surface area contributed by atoms with Crippen molar-refractivity contribution in [1.82, 2.24) is 10.2 Å². The number of ether oxygens (including phenoxy) is 1. The molecule has 7 nitrogen and oxygen atoms in total. The summed E-state index contributed by atoms with van der Waals surface area (Å²) in [5, 5.41) is 5.39. The van der Waals surface area contributed by atoms with Crippen molar-refractivity contribution in [1.29, 1.82) is 0 Å². The lowest BCUT2D eigenvalue weighted by Gasteiger charge is -2.22. The number of aryl methyl sites for hydroxylation is 1. The number of carbonyl (C=O) groups excluding carboxylic acids is 3. The molecule has 146 valence electrons. The molecule has 0 bridgehead atoms. The van der Waals surface area contributed by atoms with Crippen molar-refractivity contribution in [2.45, 2.75) is 19.4 Å². The number of methoxy groups -OCH3 is 1. The topological polar surface area (TPSA) is 87.7 Å². The van der Waals surface area contributed by atoms with Crippen LogP contribution in [0.15, 0.2) is 46.9 Å². The minimum Gasteiger partial charge on any atom is -0.495 e. The first-order valence-electron chi connectivity index (χ1n) is 8.59. The van der Waals surface area contributed by atoms with Gasteiger partial charge in [0.15, 0.2) is 0 Å². The van der Waals surface area contributed by atoms with Gasteiger partial charge in [-0.05, 0) is 49.2 Å². The highest BCUT2D eigenvalue weighted by Gasteiger charge is 2.49. The van der Waals surface area contributed by atoms with Crippen LogP contribution in [-0.2, 0) is 15.1 Å². The number of imide groups is 1. The van der Waals surface area contributed by atoms with Gasteiger partial charge in [-0.2, -0.15) is 0 Å². The summed E-state index contributed by atoms with van der Waals surface area (Å²) in [7, 11) is 1.50. The van der Waals surface area contributed by atoms with Gasteiger partial charge in [-0.1, -0.05) is 34.1 Å². The molecular weight excluding hydrogens is 426 g/mol. The van der Waals surface area contributed by atoms with Gasteiger partial charge in [0.05, 0.1) is 12.8 Å². The number of benzene rings is 2. The molecule has 0 radical (unpaired) electrons. The van der Waals surface area contributed by atoms with Crippen molar-refractivity contribution in [2.75, 3.05) is 19.0 Å². The molecule has 1 saturated heterocycles. The van der Waals surface area contributed by atoms with Crippen LogP contribution >= 0.6 is 15.9 Å². The average molecular weight is 446 g/mol. The average Bonchev–Trinajstić information content (AvgIpc) is 2.86. The number of hydrogen-bond donors (Lipinski definition) is 2. The smallest absolute Gasteiger partial charge is 0.325 e. The summed E-state index contributed by atoms with van der Waals surface area (Å²) in [4.78, 5) is 38.7. The molecule has 2 aromatic carbocycles. The van der Waals surface area contributed by atoms with Crippen LogP contribution in [0.5, 0.6) is 5.75 Å². The Morgan fingerprint density at radius 1 is 1.25 bits per heavy atom. The van der Waals surface area contributed by atoms with Crippen molar-refractivity contribution in [3.05, 3.63) is 58.1 Å². The molecule has 1 aliphatic rings. The number of rotatable bonds is 5. The highest BCUT2D eigenvalue weighted by molar-refractivity contribution is 9.10. The summed E-state index contributed by atoms with van der Waals surface area (Å²) in [5.74, 6) is -0.483. The maximum atomic E-state index is 12.9. The van der Waals surface area contributed by atoms with E-state index in [1.807, 2.05) is 19.1 Å². The Labute approximate surface area is 171 Å². The maximum Gasteiger partial charge on any atom is 0.325 e. The Balaban J connectivity index is 1.78. The van der Waals surface area contributed by atoms with Gasteiger partial charge in [0.1, 0.15) is 17.8 Å². The summed E-state index contributed by atoms with van der Waals surface area (Å²) < 4.78 is 6.02. The molecule has 8 heteroatoms. The normalized spacial score (nSPS) is 18.8. The van der Waals surface area contributed by atoms with Gasteiger partial charge in [0.25, 0.3) is 5.91 Å². The fourth-order valence-corrected chi connectivity index (χ4v) is 3.49. The molecule has 0 saturated carbocycles. The SMILES string of the molecule is COc1ccc(C)cc1NC(=O)CN1C(=O)NC(C)(c2cccc(Br)c2)C1=O. The zero-order valence-corrected chi connectivity index (χ0v) is 17.3. The van der Waals surface area contributed by atoms with Crippen LogP contribution in [0.25, 0.3) is 0 Å². The largest absolute Gasteiger partial charge is 0.495 e. The van der Waals surface area contributed by atoms with Crippen LogP contribution in [-0.4, -0.2) is 36.4 Å². The van der Waals surface area contributed by atoms with Crippen LogP contribution in [0, 0.1) is 6.92 Å². The van der Waals surface area contributed by atoms with Crippen molar-refractivity contribution in [3.63, 3.8) is 0 Å². The highest BCUT2D eigenvalue weighted by atomic mass is 79.9. The summed E-state index contributed by atoms with van der Waals surface area (Å²) in [6, 6.07) is 11.9. The van der Waals surface area contributed by atoms with Gasteiger partial charge in [0.2, 0.25) is 5.91 Å². The fourth-order valence-electron chi connectivity index (χ4n) is 3.09. The highest BCUT2D eigenvalue weighted by Crippen LogP contribution is 2.30. The molecule has 0 spiro atoms. The lowest BCUT2D eigenvalue weighted by molar-refractivity contribution is -0.133. The van der Waals surface area contributed by atoms with E-state index in [1.54, 1.807) is 37.3 Å². The van der Waals surface area contributed by atoms with E-state index in [0.29, 0.717) is 17.0 Å². The second kappa shape index (κ2) is 7.63. The number of urea groups is 1. The number of carbonyl (C=O) groups is 3. The number of amides is 4. The Kier molecular flexibility index (Phi) is 5.42. The molecule has 1 unspecified atom stereocenters. The van der Waals surface area contributed by atoms with E-state index < -0.39 is 29.9 Å². The first-order chi connectivity index (χ1) is 13.2. The summed E-state index contributed by atoms with van der Waals surface area (Å²) in [5.41, 5.74) is 0.813. The third-order valence-corrected chi connectivity index (χ3v) is 5.10. The van der Waals surface area contributed by atoms with Crippen LogP contribution in [0.1, 0.15) is 18.1 Å². The zero-order chi connectivity index (χ0) is 20.5. The molecule has 28 heavy (non-hydrogen) atoms. The van der Waals surface area contributed by atoms with E-state index in [9.17, 15) is 14.4 Å². The van der Waals surface area contributed by atoms with E-state index >= 15 is 0 Å². The van der Waals surface area contributed by atoms with Crippen molar-refractivity contribution in [2.24, 2.45) is 0 Å². The van der Waals surface area contributed by atoms with Crippen LogP contribution in [0.4, 0.5) is 10.5 Å². The minimum absolute atomic E-state index is 0.397. The third kappa shape index (κ3) is 3.73. The van der Waals surface area contributed by atoms with E-state index in [-0.39, 0.29) is 0 Å². The fraction of sp³-hybridized carbons (Fsp3) is 0.250. The van der Waals surface area contributed by atoms with Crippen LogP contribution in [0.2, 0.25) is 0 Å². The Bertz CT molecular complexity index is 962. The van der Waals surface area contributed by atoms with Gasteiger partial charge >= 0.3 is 6.03 Å². The number of hydrogen-bond acceptors (Lipinski definition) is 4. The number of anilines is 1. The van der Waals surface area contributed by atoms with Crippen LogP contribution in [0.3, 0.4) is 0 Å². The molecule has 2 N–H and O–H groups in total. The molecule has 4 amide bonds. The van der Waals surface area contributed by atoms with Crippen molar-refractivity contribution >= 4 is 39.5 Å². The van der Waals surface area contributed by atoms with E-state index in [2.05, 4.69) is 26.6 Å². The van der Waals surface area contributed by atoms with E-state index in [1.165, 1.54) is 7.11 Å². The predicted molar refractivity (Wildman–Crippen MR) is 108 cm³/mol. The molecule has 1 fully saturated rings. The minimum atomic E-state index is -1.23. The quantitative estimate of drug-likeness (QED) is 0.691. The van der Waals surface area contributed by atoms with Gasteiger partial charge in [-0.15, -0.1) is 0 Å².